The Labute approximate surface area is 126 Å². The third-order valence-electron chi connectivity index (χ3n) is 4.12. The maximum atomic E-state index is 12.0. The smallest absolute Gasteiger partial charge is 0.225 e. The number of rotatable bonds is 7. The van der Waals surface area contributed by atoms with E-state index in [9.17, 15) is 4.79 Å². The third kappa shape index (κ3) is 4.83. The predicted octanol–water partition coefficient (Wildman–Crippen LogP) is 2.69. The molecule has 0 aromatic heterocycles. The second-order valence-electron chi connectivity index (χ2n) is 6.20. The fraction of sp³-hybridized carbons (Fsp3) is 0.588. The lowest BCUT2D eigenvalue weighted by Crippen LogP contribution is -2.27. The quantitative estimate of drug-likeness (QED) is 0.811. The Morgan fingerprint density at radius 3 is 3.00 bits per heavy atom. The van der Waals surface area contributed by atoms with E-state index in [0.29, 0.717) is 19.1 Å². The molecule has 1 heterocycles. The Bertz CT molecular complexity index is 479. The summed E-state index contributed by atoms with van der Waals surface area (Å²) < 4.78 is 5.69. The first kappa shape index (κ1) is 14.5. The SMILES string of the molecule is O=C(CC1CCCN1)Nc1cccc(COCC2CC2)c1. The molecule has 1 atom stereocenters. The molecule has 0 radical (unpaired) electrons. The lowest BCUT2D eigenvalue weighted by Gasteiger charge is -2.11. The summed E-state index contributed by atoms with van der Waals surface area (Å²) in [5.41, 5.74) is 1.98. The normalized spacial score (nSPS) is 21.4. The molecule has 2 fully saturated rings. The van der Waals surface area contributed by atoms with Crippen LogP contribution in [0.5, 0.6) is 0 Å². The number of benzene rings is 1. The molecule has 1 aliphatic carbocycles. The first-order valence-corrected chi connectivity index (χ1v) is 7.99. The van der Waals surface area contributed by atoms with Gasteiger partial charge >= 0.3 is 0 Å². The molecule has 1 unspecified atom stereocenters. The van der Waals surface area contributed by atoms with Gasteiger partial charge in [-0.2, -0.15) is 0 Å². The molecule has 1 amide bonds. The van der Waals surface area contributed by atoms with Crippen LogP contribution in [0.15, 0.2) is 24.3 Å². The van der Waals surface area contributed by atoms with Gasteiger partial charge < -0.3 is 15.4 Å². The molecule has 1 saturated heterocycles. The molecular weight excluding hydrogens is 264 g/mol. The van der Waals surface area contributed by atoms with Crippen molar-refractivity contribution in [3.8, 4) is 0 Å². The van der Waals surface area contributed by atoms with Crippen LogP contribution in [-0.2, 0) is 16.1 Å². The van der Waals surface area contributed by atoms with Gasteiger partial charge in [0.25, 0.3) is 0 Å². The van der Waals surface area contributed by atoms with Crippen molar-refractivity contribution in [2.75, 3.05) is 18.5 Å². The van der Waals surface area contributed by atoms with Gasteiger partial charge in [0.15, 0.2) is 0 Å². The number of hydrogen-bond donors (Lipinski definition) is 2. The van der Waals surface area contributed by atoms with E-state index >= 15 is 0 Å². The average Bonchev–Trinajstić information content (AvgIpc) is 3.15. The zero-order valence-electron chi connectivity index (χ0n) is 12.4. The number of carbonyl (C=O) groups is 1. The van der Waals surface area contributed by atoms with Crippen LogP contribution < -0.4 is 10.6 Å². The largest absolute Gasteiger partial charge is 0.376 e. The summed E-state index contributed by atoms with van der Waals surface area (Å²) in [4.78, 5) is 12.0. The van der Waals surface area contributed by atoms with E-state index in [4.69, 9.17) is 4.74 Å². The summed E-state index contributed by atoms with van der Waals surface area (Å²) in [5, 5.41) is 6.33. The zero-order valence-corrected chi connectivity index (χ0v) is 12.4. The maximum absolute atomic E-state index is 12.0. The molecule has 0 bridgehead atoms. The van der Waals surface area contributed by atoms with Crippen molar-refractivity contribution < 1.29 is 9.53 Å². The van der Waals surface area contributed by atoms with Crippen LogP contribution >= 0.6 is 0 Å². The highest BCUT2D eigenvalue weighted by molar-refractivity contribution is 5.91. The van der Waals surface area contributed by atoms with Gasteiger partial charge in [0.05, 0.1) is 6.61 Å². The molecule has 1 aliphatic heterocycles. The Balaban J connectivity index is 1.46. The highest BCUT2D eigenvalue weighted by Gasteiger charge is 2.21. The zero-order chi connectivity index (χ0) is 14.5. The van der Waals surface area contributed by atoms with Crippen LogP contribution in [0.2, 0.25) is 0 Å². The average molecular weight is 288 g/mol. The molecule has 1 saturated carbocycles. The van der Waals surface area contributed by atoms with Crippen molar-refractivity contribution in [3.05, 3.63) is 29.8 Å². The Morgan fingerprint density at radius 1 is 1.33 bits per heavy atom. The molecule has 2 aliphatic rings. The summed E-state index contributed by atoms with van der Waals surface area (Å²) in [7, 11) is 0. The highest BCUT2D eigenvalue weighted by atomic mass is 16.5. The fourth-order valence-electron chi connectivity index (χ4n) is 2.73. The molecule has 2 N–H and O–H groups in total. The van der Waals surface area contributed by atoms with Crippen molar-refractivity contribution in [2.45, 2.75) is 44.8 Å². The molecule has 114 valence electrons. The highest BCUT2D eigenvalue weighted by Crippen LogP contribution is 2.29. The van der Waals surface area contributed by atoms with Crippen LogP contribution in [0.4, 0.5) is 5.69 Å². The summed E-state index contributed by atoms with van der Waals surface area (Å²) in [6.45, 7) is 2.53. The van der Waals surface area contributed by atoms with E-state index in [1.807, 2.05) is 24.3 Å². The lowest BCUT2D eigenvalue weighted by atomic mass is 10.1. The summed E-state index contributed by atoms with van der Waals surface area (Å²) in [6, 6.07) is 8.30. The number of ether oxygens (including phenoxy) is 1. The van der Waals surface area contributed by atoms with Gasteiger partial charge in [-0.05, 0) is 55.8 Å². The Morgan fingerprint density at radius 2 is 2.24 bits per heavy atom. The topological polar surface area (TPSA) is 50.4 Å². The van der Waals surface area contributed by atoms with E-state index < -0.39 is 0 Å². The van der Waals surface area contributed by atoms with Crippen LogP contribution in [-0.4, -0.2) is 25.1 Å². The standard InChI is InChI=1S/C17H24N2O2/c20-17(10-15-5-2-8-18-15)19-16-4-1-3-14(9-16)12-21-11-13-6-7-13/h1,3-4,9,13,15,18H,2,5-8,10-12H2,(H,19,20). The molecule has 3 rings (SSSR count). The third-order valence-corrected chi connectivity index (χ3v) is 4.12. The summed E-state index contributed by atoms with van der Waals surface area (Å²) in [5.74, 6) is 0.872. The van der Waals surface area contributed by atoms with Gasteiger partial charge in [-0.3, -0.25) is 4.79 Å². The van der Waals surface area contributed by atoms with E-state index in [-0.39, 0.29) is 5.91 Å². The number of amides is 1. The first-order valence-electron chi connectivity index (χ1n) is 7.99. The minimum Gasteiger partial charge on any atom is -0.376 e. The Hall–Kier alpha value is -1.39. The Kier molecular flexibility index (Phi) is 4.88. The van der Waals surface area contributed by atoms with Crippen LogP contribution in [0.25, 0.3) is 0 Å². The van der Waals surface area contributed by atoms with E-state index in [1.54, 1.807) is 0 Å². The van der Waals surface area contributed by atoms with Gasteiger partial charge in [0.1, 0.15) is 0 Å². The number of nitrogens with one attached hydrogen (secondary N) is 2. The monoisotopic (exact) mass is 288 g/mol. The lowest BCUT2D eigenvalue weighted by molar-refractivity contribution is -0.116. The van der Waals surface area contributed by atoms with Crippen molar-refractivity contribution in [2.24, 2.45) is 5.92 Å². The van der Waals surface area contributed by atoms with Gasteiger partial charge in [0, 0.05) is 24.8 Å². The first-order chi connectivity index (χ1) is 10.3. The van der Waals surface area contributed by atoms with Crippen molar-refractivity contribution in [1.29, 1.82) is 0 Å². The van der Waals surface area contributed by atoms with E-state index in [2.05, 4.69) is 10.6 Å². The minimum absolute atomic E-state index is 0.0884. The van der Waals surface area contributed by atoms with E-state index in [0.717, 1.165) is 36.7 Å². The molecule has 1 aromatic carbocycles. The number of anilines is 1. The minimum atomic E-state index is 0.0884. The van der Waals surface area contributed by atoms with Crippen LogP contribution in [0.3, 0.4) is 0 Å². The van der Waals surface area contributed by atoms with Crippen LogP contribution in [0.1, 0.15) is 37.7 Å². The molecule has 21 heavy (non-hydrogen) atoms. The fourth-order valence-corrected chi connectivity index (χ4v) is 2.73. The second kappa shape index (κ2) is 7.05. The molecule has 1 aromatic rings. The molecule has 4 nitrogen and oxygen atoms in total. The second-order valence-corrected chi connectivity index (χ2v) is 6.20. The molecule has 0 spiro atoms. The number of hydrogen-bond acceptors (Lipinski definition) is 3. The van der Waals surface area contributed by atoms with Crippen molar-refractivity contribution in [1.82, 2.24) is 5.32 Å². The van der Waals surface area contributed by atoms with E-state index in [1.165, 1.54) is 19.3 Å². The summed E-state index contributed by atoms with van der Waals surface area (Å²) in [6.07, 6.45) is 5.45. The van der Waals surface area contributed by atoms with Gasteiger partial charge in [-0.25, -0.2) is 0 Å². The predicted molar refractivity (Wildman–Crippen MR) is 83.1 cm³/mol. The van der Waals surface area contributed by atoms with Crippen LogP contribution in [0, 0.1) is 5.92 Å². The molecule has 4 heteroatoms. The van der Waals surface area contributed by atoms with Crippen molar-refractivity contribution in [3.63, 3.8) is 0 Å². The maximum Gasteiger partial charge on any atom is 0.225 e. The van der Waals surface area contributed by atoms with Gasteiger partial charge in [0.2, 0.25) is 5.91 Å². The van der Waals surface area contributed by atoms with Gasteiger partial charge in [-0.15, -0.1) is 0 Å². The molecular formula is C17H24N2O2. The summed E-state index contributed by atoms with van der Waals surface area (Å²) >= 11 is 0. The number of carbonyl (C=O) groups excluding carboxylic acids is 1. The van der Waals surface area contributed by atoms with Gasteiger partial charge in [-0.1, -0.05) is 12.1 Å². The van der Waals surface area contributed by atoms with Crippen molar-refractivity contribution >= 4 is 11.6 Å².